The number of carbonyl (C=O) groups excluding carboxylic acids is 2. The van der Waals surface area contributed by atoms with E-state index in [9.17, 15) is 20.1 Å². The fourth-order valence-electron chi connectivity index (χ4n) is 7.83. The number of fused-ring (bicyclic) bond motifs is 3. The summed E-state index contributed by atoms with van der Waals surface area (Å²) in [6.45, 7) is 1.48. The second-order valence-electron chi connectivity index (χ2n) is 14.1. The standard InChI is InChI=1S/C51H32N6O2/c1-32(58)49-45(51(59)56-50-41(35-10-4-2-5-11-35)14-8-15-42(50)36-12-6-3-7-13-36)16-9-17-46(49)57-47-24-37(39-22-33(26-52)28-54-30-39)18-20-43(47)44-21-19-38(25-48(44)57)40-23-34(27-53)29-55-31-40/h2-25,28-31H,1H3,(H,56,59). The maximum absolute atomic E-state index is 14.8. The van der Waals surface area contributed by atoms with Crippen LogP contribution in [-0.2, 0) is 0 Å². The highest BCUT2D eigenvalue weighted by Crippen LogP contribution is 2.40. The van der Waals surface area contributed by atoms with Gasteiger partial charge in [0.05, 0.1) is 44.7 Å². The number of rotatable bonds is 8. The lowest BCUT2D eigenvalue weighted by molar-refractivity contribution is 0.0985. The van der Waals surface area contributed by atoms with Crippen LogP contribution in [0.3, 0.4) is 0 Å². The van der Waals surface area contributed by atoms with E-state index in [4.69, 9.17) is 0 Å². The van der Waals surface area contributed by atoms with Gasteiger partial charge in [0, 0.05) is 57.8 Å². The predicted molar refractivity (Wildman–Crippen MR) is 232 cm³/mol. The van der Waals surface area contributed by atoms with Gasteiger partial charge in [-0.1, -0.05) is 109 Å². The molecule has 0 unspecified atom stereocenters. The van der Waals surface area contributed by atoms with Crippen LogP contribution in [0.1, 0.15) is 38.8 Å². The summed E-state index contributed by atoms with van der Waals surface area (Å²) in [6, 6.07) is 51.0. The van der Waals surface area contributed by atoms with E-state index in [1.807, 2.05) is 126 Å². The molecule has 0 aliphatic carbocycles. The van der Waals surface area contributed by atoms with Gasteiger partial charge in [-0.2, -0.15) is 10.5 Å². The van der Waals surface area contributed by atoms with Crippen LogP contribution >= 0.6 is 0 Å². The number of hydrogen-bond donors (Lipinski definition) is 1. The minimum Gasteiger partial charge on any atom is -0.321 e. The molecule has 6 aromatic carbocycles. The quantitative estimate of drug-likeness (QED) is 0.154. The molecule has 0 spiro atoms. The molecule has 278 valence electrons. The molecule has 0 radical (unpaired) electrons. The van der Waals surface area contributed by atoms with Crippen molar-refractivity contribution in [3.05, 3.63) is 193 Å². The lowest BCUT2D eigenvalue weighted by Gasteiger charge is -2.19. The summed E-state index contributed by atoms with van der Waals surface area (Å²) >= 11 is 0. The molecule has 0 aliphatic heterocycles. The Hall–Kier alpha value is -8.46. The molecule has 0 fully saturated rings. The third kappa shape index (κ3) is 6.67. The first-order chi connectivity index (χ1) is 28.9. The van der Waals surface area contributed by atoms with Crippen molar-refractivity contribution in [3.63, 3.8) is 0 Å². The second-order valence-corrected chi connectivity index (χ2v) is 14.1. The van der Waals surface area contributed by atoms with Crippen LogP contribution in [0.2, 0.25) is 0 Å². The normalized spacial score (nSPS) is 10.9. The maximum Gasteiger partial charge on any atom is 0.256 e. The summed E-state index contributed by atoms with van der Waals surface area (Å²) in [4.78, 5) is 37.5. The van der Waals surface area contributed by atoms with Crippen molar-refractivity contribution in [3.8, 4) is 62.3 Å². The zero-order chi connectivity index (χ0) is 40.5. The largest absolute Gasteiger partial charge is 0.321 e. The van der Waals surface area contributed by atoms with Crippen molar-refractivity contribution < 1.29 is 9.59 Å². The van der Waals surface area contributed by atoms with Crippen molar-refractivity contribution >= 4 is 39.2 Å². The van der Waals surface area contributed by atoms with Gasteiger partial charge in [-0.05, 0) is 65.6 Å². The number of nitrogens with one attached hydrogen (secondary N) is 1. The summed E-state index contributed by atoms with van der Waals surface area (Å²) in [7, 11) is 0. The van der Waals surface area contributed by atoms with E-state index in [1.54, 1.807) is 36.7 Å². The summed E-state index contributed by atoms with van der Waals surface area (Å²) in [5.74, 6) is -0.719. The van der Waals surface area contributed by atoms with Crippen LogP contribution < -0.4 is 5.32 Å². The zero-order valence-electron chi connectivity index (χ0n) is 31.7. The Balaban J connectivity index is 1.27. The molecule has 8 heteroatoms. The average Bonchev–Trinajstić information content (AvgIpc) is 3.62. The molecule has 0 aliphatic rings. The molecule has 3 aromatic heterocycles. The van der Waals surface area contributed by atoms with Crippen molar-refractivity contribution in [2.75, 3.05) is 5.32 Å². The number of anilines is 1. The molecule has 9 aromatic rings. The van der Waals surface area contributed by atoms with E-state index in [0.29, 0.717) is 22.5 Å². The van der Waals surface area contributed by atoms with E-state index >= 15 is 0 Å². The van der Waals surface area contributed by atoms with Gasteiger partial charge in [0.25, 0.3) is 5.91 Å². The summed E-state index contributed by atoms with van der Waals surface area (Å²) in [5, 5.41) is 24.3. The number of benzene rings is 6. The Morgan fingerprint density at radius 2 is 1.05 bits per heavy atom. The first-order valence-corrected chi connectivity index (χ1v) is 18.9. The molecule has 8 nitrogen and oxygen atoms in total. The maximum atomic E-state index is 14.8. The third-order valence-corrected chi connectivity index (χ3v) is 10.5. The van der Waals surface area contributed by atoms with Gasteiger partial charge in [-0.25, -0.2) is 0 Å². The number of nitriles is 2. The minimum atomic E-state index is -0.432. The first-order valence-electron chi connectivity index (χ1n) is 18.9. The SMILES string of the molecule is CC(=O)c1c(C(=O)Nc2c(-c3ccccc3)cccc2-c2ccccc2)cccc1-n1c2cc(-c3cncc(C#N)c3)ccc2c2ccc(-c3cncc(C#N)c3)cc21. The number of pyridine rings is 2. The van der Waals surface area contributed by atoms with Gasteiger partial charge >= 0.3 is 0 Å². The number of para-hydroxylation sites is 1. The van der Waals surface area contributed by atoms with Crippen molar-refractivity contribution in [1.82, 2.24) is 14.5 Å². The van der Waals surface area contributed by atoms with Crippen molar-refractivity contribution in [1.29, 1.82) is 10.5 Å². The van der Waals surface area contributed by atoms with Crippen molar-refractivity contribution in [2.45, 2.75) is 6.92 Å². The Bertz CT molecular complexity index is 3040. The minimum absolute atomic E-state index is 0.219. The molecule has 0 atom stereocenters. The van der Waals surface area contributed by atoms with Crippen LogP contribution in [0.5, 0.6) is 0 Å². The second kappa shape index (κ2) is 15.2. The Morgan fingerprint density at radius 3 is 1.54 bits per heavy atom. The van der Waals surface area contributed by atoms with Gasteiger partial charge in [0.2, 0.25) is 0 Å². The van der Waals surface area contributed by atoms with Crippen LogP contribution in [0.4, 0.5) is 5.69 Å². The number of nitrogens with zero attached hydrogens (tertiary/aromatic N) is 5. The smallest absolute Gasteiger partial charge is 0.256 e. The van der Waals surface area contributed by atoms with Crippen molar-refractivity contribution in [2.24, 2.45) is 0 Å². The number of amides is 1. The Labute approximate surface area is 339 Å². The van der Waals surface area contributed by atoms with E-state index < -0.39 is 5.91 Å². The van der Waals surface area contributed by atoms with E-state index in [1.165, 1.54) is 19.3 Å². The molecular formula is C51H32N6O2. The van der Waals surface area contributed by atoms with E-state index in [-0.39, 0.29) is 16.9 Å². The number of aromatic nitrogens is 3. The highest BCUT2D eigenvalue weighted by molar-refractivity contribution is 6.17. The molecule has 3 heterocycles. The van der Waals surface area contributed by atoms with Gasteiger partial charge < -0.3 is 9.88 Å². The van der Waals surface area contributed by atoms with Gasteiger partial charge in [0.1, 0.15) is 12.1 Å². The van der Waals surface area contributed by atoms with Crippen LogP contribution in [0.25, 0.3) is 72.0 Å². The molecular weight excluding hydrogens is 729 g/mol. The Morgan fingerprint density at radius 1 is 0.542 bits per heavy atom. The van der Waals surface area contributed by atoms with Crippen LogP contribution in [0.15, 0.2) is 170 Å². The van der Waals surface area contributed by atoms with Gasteiger partial charge in [-0.3, -0.25) is 19.6 Å². The highest BCUT2D eigenvalue weighted by atomic mass is 16.2. The summed E-state index contributed by atoms with van der Waals surface area (Å²) in [5.41, 5.74) is 10.7. The number of ketones is 1. The van der Waals surface area contributed by atoms with E-state index in [2.05, 4.69) is 27.4 Å². The van der Waals surface area contributed by atoms with Gasteiger partial charge in [-0.15, -0.1) is 0 Å². The third-order valence-electron chi connectivity index (χ3n) is 10.5. The Kier molecular flexibility index (Phi) is 9.34. The molecule has 9 rings (SSSR count). The predicted octanol–water partition coefficient (Wildman–Crippen LogP) is 11.4. The van der Waals surface area contributed by atoms with Crippen LogP contribution in [0, 0.1) is 22.7 Å². The molecule has 0 saturated heterocycles. The summed E-state index contributed by atoms with van der Waals surface area (Å²) < 4.78 is 2.02. The fraction of sp³-hybridized carbons (Fsp3) is 0.0196. The highest BCUT2D eigenvalue weighted by Gasteiger charge is 2.25. The number of hydrogen-bond acceptors (Lipinski definition) is 6. The summed E-state index contributed by atoms with van der Waals surface area (Å²) in [6.07, 6.45) is 6.47. The first kappa shape index (κ1) is 36.2. The monoisotopic (exact) mass is 760 g/mol. The molecule has 1 N–H and O–H groups in total. The fourth-order valence-corrected chi connectivity index (χ4v) is 7.83. The van der Waals surface area contributed by atoms with Gasteiger partial charge in [0.15, 0.2) is 5.78 Å². The topological polar surface area (TPSA) is 124 Å². The lowest BCUT2D eigenvalue weighted by Crippen LogP contribution is -2.18. The number of Topliss-reactive ketones (excluding diaryl/α,β-unsaturated/α-hetero) is 1. The van der Waals surface area contributed by atoms with E-state index in [0.717, 1.165) is 66.3 Å². The molecule has 1 amide bonds. The molecule has 59 heavy (non-hydrogen) atoms. The number of carbonyl (C=O) groups is 2. The van der Waals surface area contributed by atoms with Crippen LogP contribution in [-0.4, -0.2) is 26.2 Å². The zero-order valence-corrected chi connectivity index (χ0v) is 31.7. The average molecular weight is 761 g/mol. The lowest BCUT2D eigenvalue weighted by atomic mass is 9.95. The molecule has 0 saturated carbocycles. The molecule has 0 bridgehead atoms.